The predicted molar refractivity (Wildman–Crippen MR) is 120 cm³/mol. The number of halogens is 1. The van der Waals surface area contributed by atoms with Gasteiger partial charge in [-0.25, -0.2) is 22.9 Å². The van der Waals surface area contributed by atoms with E-state index in [4.69, 9.17) is 16.3 Å². The van der Waals surface area contributed by atoms with Crippen LogP contribution in [0, 0.1) is 13.8 Å². The standard InChI is InChI=1S/C19H22ClN7O4S/c1-10-8-13(14(20)9-21-10)12(3)31-19(28)23-18-17(24-26-27(18)4)16-7-6-15(11(2)22-16)25-32(5,29)30/h6-9,12,25H,1-5H3,(H,23,28)/t12-/m1/s1. The molecule has 0 fully saturated rings. The highest BCUT2D eigenvalue weighted by atomic mass is 35.5. The Balaban J connectivity index is 1.81. The zero-order valence-corrected chi connectivity index (χ0v) is 19.6. The average Bonchev–Trinajstić information content (AvgIpc) is 3.04. The maximum atomic E-state index is 12.5. The molecule has 170 valence electrons. The number of nitrogens with zero attached hydrogens (tertiary/aromatic N) is 5. The first-order valence-electron chi connectivity index (χ1n) is 9.39. The molecule has 0 saturated carbocycles. The van der Waals surface area contributed by atoms with E-state index in [1.807, 2.05) is 6.92 Å². The molecule has 0 unspecified atom stereocenters. The Labute approximate surface area is 190 Å². The second-order valence-corrected chi connectivity index (χ2v) is 9.29. The van der Waals surface area contributed by atoms with Crippen LogP contribution in [0.1, 0.15) is 30.0 Å². The Morgan fingerprint density at radius 3 is 2.66 bits per heavy atom. The van der Waals surface area contributed by atoms with Crippen molar-refractivity contribution < 1.29 is 17.9 Å². The molecule has 0 aromatic carbocycles. The molecular weight excluding hydrogens is 458 g/mol. The van der Waals surface area contributed by atoms with Gasteiger partial charge in [-0.3, -0.25) is 15.0 Å². The van der Waals surface area contributed by atoms with Crippen LogP contribution in [0.15, 0.2) is 24.4 Å². The summed E-state index contributed by atoms with van der Waals surface area (Å²) in [4.78, 5) is 21.0. The summed E-state index contributed by atoms with van der Waals surface area (Å²) in [6.45, 7) is 5.16. The fourth-order valence-corrected chi connectivity index (χ4v) is 3.77. The van der Waals surface area contributed by atoms with Gasteiger partial charge >= 0.3 is 6.09 Å². The second kappa shape index (κ2) is 9.09. The number of nitrogens with one attached hydrogen (secondary N) is 2. The molecule has 3 aromatic heterocycles. The molecule has 3 aromatic rings. The summed E-state index contributed by atoms with van der Waals surface area (Å²) in [5.74, 6) is 0.259. The van der Waals surface area contributed by atoms with Crippen molar-refractivity contribution in [3.8, 4) is 11.4 Å². The molecule has 3 heterocycles. The monoisotopic (exact) mass is 479 g/mol. The number of hydrogen-bond donors (Lipinski definition) is 2. The van der Waals surface area contributed by atoms with Crippen molar-refractivity contribution in [3.63, 3.8) is 0 Å². The molecule has 1 amide bonds. The van der Waals surface area contributed by atoms with E-state index in [0.717, 1.165) is 11.9 Å². The van der Waals surface area contributed by atoms with E-state index >= 15 is 0 Å². The highest BCUT2D eigenvalue weighted by Gasteiger charge is 2.21. The first-order chi connectivity index (χ1) is 14.9. The number of aromatic nitrogens is 5. The van der Waals surface area contributed by atoms with Crippen molar-refractivity contribution in [1.82, 2.24) is 25.0 Å². The lowest BCUT2D eigenvalue weighted by atomic mass is 10.1. The quantitative estimate of drug-likeness (QED) is 0.548. The van der Waals surface area contributed by atoms with Crippen LogP contribution in [0.4, 0.5) is 16.3 Å². The van der Waals surface area contributed by atoms with Crippen LogP contribution in [0.2, 0.25) is 5.02 Å². The summed E-state index contributed by atoms with van der Waals surface area (Å²) in [7, 11) is -1.84. The molecule has 32 heavy (non-hydrogen) atoms. The van der Waals surface area contributed by atoms with Gasteiger partial charge in [0, 0.05) is 24.5 Å². The molecule has 3 rings (SSSR count). The Bertz CT molecular complexity index is 1280. The summed E-state index contributed by atoms with van der Waals surface area (Å²) in [6.07, 6.45) is 1.19. The van der Waals surface area contributed by atoms with Gasteiger partial charge < -0.3 is 4.74 Å². The van der Waals surface area contributed by atoms with Gasteiger partial charge in [0.25, 0.3) is 0 Å². The minimum absolute atomic E-state index is 0.259. The number of aryl methyl sites for hydroxylation is 3. The Morgan fingerprint density at radius 2 is 2.00 bits per heavy atom. The zero-order valence-electron chi connectivity index (χ0n) is 18.0. The molecule has 0 radical (unpaired) electrons. The minimum atomic E-state index is -3.45. The molecule has 13 heteroatoms. The van der Waals surface area contributed by atoms with E-state index in [9.17, 15) is 13.2 Å². The minimum Gasteiger partial charge on any atom is -0.441 e. The number of rotatable bonds is 6. The maximum absolute atomic E-state index is 12.5. The van der Waals surface area contributed by atoms with Crippen LogP contribution >= 0.6 is 11.6 Å². The third-order valence-electron chi connectivity index (χ3n) is 4.41. The number of amides is 1. The maximum Gasteiger partial charge on any atom is 0.413 e. The Morgan fingerprint density at radius 1 is 1.28 bits per heavy atom. The Hall–Kier alpha value is -3.25. The van der Waals surface area contributed by atoms with Gasteiger partial charge in [0.05, 0.1) is 28.4 Å². The highest BCUT2D eigenvalue weighted by molar-refractivity contribution is 7.92. The molecule has 1 atom stereocenters. The summed E-state index contributed by atoms with van der Waals surface area (Å²) in [5.41, 5.74) is 2.84. The van der Waals surface area contributed by atoms with Crippen LogP contribution in [0.25, 0.3) is 11.4 Å². The van der Waals surface area contributed by atoms with Crippen molar-refractivity contribution in [2.24, 2.45) is 7.05 Å². The lowest BCUT2D eigenvalue weighted by Crippen LogP contribution is -2.18. The molecule has 0 saturated heterocycles. The Kier molecular flexibility index (Phi) is 6.65. The van der Waals surface area contributed by atoms with E-state index in [0.29, 0.717) is 33.4 Å². The number of carbonyl (C=O) groups is 1. The molecule has 2 N–H and O–H groups in total. The lowest BCUT2D eigenvalue weighted by Gasteiger charge is -2.16. The van der Waals surface area contributed by atoms with Crippen LogP contribution in [-0.4, -0.2) is 45.7 Å². The van der Waals surface area contributed by atoms with E-state index in [-0.39, 0.29) is 5.82 Å². The van der Waals surface area contributed by atoms with Gasteiger partial charge in [0.15, 0.2) is 11.5 Å². The highest BCUT2D eigenvalue weighted by Crippen LogP contribution is 2.28. The van der Waals surface area contributed by atoms with Gasteiger partial charge in [-0.05, 0) is 39.0 Å². The van der Waals surface area contributed by atoms with Crippen molar-refractivity contribution in [2.45, 2.75) is 26.9 Å². The van der Waals surface area contributed by atoms with Crippen molar-refractivity contribution >= 4 is 39.2 Å². The number of carbonyl (C=O) groups excluding carboxylic acids is 1. The molecular formula is C19H22ClN7O4S. The van der Waals surface area contributed by atoms with E-state index < -0.39 is 22.2 Å². The number of sulfonamides is 1. The topological polar surface area (TPSA) is 141 Å². The molecule has 0 aliphatic carbocycles. The van der Waals surface area contributed by atoms with Crippen molar-refractivity contribution in [1.29, 1.82) is 0 Å². The van der Waals surface area contributed by atoms with Crippen LogP contribution in [0.5, 0.6) is 0 Å². The number of pyridine rings is 2. The zero-order chi connectivity index (χ0) is 23.6. The van der Waals surface area contributed by atoms with Gasteiger partial charge in [-0.2, -0.15) is 0 Å². The number of ether oxygens (including phenoxy) is 1. The molecule has 0 aliphatic rings. The van der Waals surface area contributed by atoms with E-state index in [1.54, 1.807) is 39.1 Å². The van der Waals surface area contributed by atoms with E-state index in [1.165, 1.54) is 10.9 Å². The fourth-order valence-electron chi connectivity index (χ4n) is 2.90. The lowest BCUT2D eigenvalue weighted by molar-refractivity contribution is 0.121. The predicted octanol–water partition coefficient (Wildman–Crippen LogP) is 3.22. The van der Waals surface area contributed by atoms with E-state index in [2.05, 4.69) is 30.3 Å². The van der Waals surface area contributed by atoms with Gasteiger partial charge in [0.2, 0.25) is 10.0 Å². The van der Waals surface area contributed by atoms with Crippen LogP contribution in [0.3, 0.4) is 0 Å². The summed E-state index contributed by atoms with van der Waals surface area (Å²) in [6, 6.07) is 4.88. The first-order valence-corrected chi connectivity index (χ1v) is 11.7. The second-order valence-electron chi connectivity index (χ2n) is 7.13. The third-order valence-corrected chi connectivity index (χ3v) is 5.32. The van der Waals surface area contributed by atoms with Crippen LogP contribution < -0.4 is 10.0 Å². The average molecular weight is 480 g/mol. The first kappa shape index (κ1) is 23.4. The van der Waals surface area contributed by atoms with Crippen molar-refractivity contribution in [2.75, 3.05) is 16.3 Å². The third kappa shape index (κ3) is 5.51. The molecule has 0 aliphatic heterocycles. The smallest absolute Gasteiger partial charge is 0.413 e. The normalized spacial score (nSPS) is 12.3. The summed E-state index contributed by atoms with van der Waals surface area (Å²) < 4.78 is 32.2. The van der Waals surface area contributed by atoms with Crippen LogP contribution in [-0.2, 0) is 21.8 Å². The van der Waals surface area contributed by atoms with Crippen molar-refractivity contribution in [3.05, 3.63) is 46.4 Å². The van der Waals surface area contributed by atoms with Gasteiger partial charge in [-0.15, -0.1) is 5.10 Å². The fraction of sp³-hybridized carbons (Fsp3) is 0.316. The molecule has 11 nitrogen and oxygen atoms in total. The summed E-state index contributed by atoms with van der Waals surface area (Å²) >= 11 is 6.17. The molecule has 0 spiro atoms. The summed E-state index contributed by atoms with van der Waals surface area (Å²) in [5, 5.41) is 11.0. The molecule has 0 bridgehead atoms. The van der Waals surface area contributed by atoms with Gasteiger partial charge in [0.1, 0.15) is 6.10 Å². The number of anilines is 2. The number of hydrogen-bond acceptors (Lipinski definition) is 8. The SMILES string of the molecule is Cc1cc([C@@H](C)OC(=O)Nc2c(-c3ccc(NS(C)(=O)=O)c(C)n3)nnn2C)c(Cl)cn1. The largest absolute Gasteiger partial charge is 0.441 e. The van der Waals surface area contributed by atoms with Gasteiger partial charge in [-0.1, -0.05) is 16.8 Å².